The van der Waals surface area contributed by atoms with Gasteiger partial charge in [-0.05, 0) is 30.7 Å². The van der Waals surface area contributed by atoms with Crippen LogP contribution in [0.25, 0.3) is 11.4 Å². The molecule has 0 unspecified atom stereocenters. The first-order valence-corrected chi connectivity index (χ1v) is 8.95. The van der Waals surface area contributed by atoms with Crippen molar-refractivity contribution in [2.45, 2.75) is 18.7 Å². The molecule has 3 aromatic rings. The van der Waals surface area contributed by atoms with Gasteiger partial charge in [0.15, 0.2) is 0 Å². The summed E-state index contributed by atoms with van der Waals surface area (Å²) in [5.74, 6) is 1.32. The first-order valence-electron chi connectivity index (χ1n) is 7.47. The molecule has 1 N–H and O–H groups in total. The fraction of sp³-hybridized carbons (Fsp3) is 0.176. The Bertz CT molecular complexity index is 1010. The van der Waals surface area contributed by atoms with Gasteiger partial charge in [0, 0.05) is 18.6 Å². The second-order valence-corrected chi connectivity index (χ2v) is 7.11. The Balaban J connectivity index is 1.98. The number of sulfonamides is 1. The Kier molecular flexibility index (Phi) is 4.45. The van der Waals surface area contributed by atoms with E-state index in [1.165, 1.54) is 13.2 Å². The molecule has 0 aliphatic rings. The van der Waals surface area contributed by atoms with Crippen molar-refractivity contribution in [3.8, 4) is 17.1 Å². The van der Waals surface area contributed by atoms with Crippen molar-refractivity contribution in [3.63, 3.8) is 0 Å². The maximum absolute atomic E-state index is 12.8. The van der Waals surface area contributed by atoms with Crippen LogP contribution in [0.2, 0.25) is 0 Å². The van der Waals surface area contributed by atoms with Crippen LogP contribution in [0, 0.1) is 13.8 Å². The van der Waals surface area contributed by atoms with Crippen LogP contribution in [-0.4, -0.2) is 25.7 Å². The van der Waals surface area contributed by atoms with Crippen molar-refractivity contribution in [2.75, 3.05) is 11.8 Å². The predicted octanol–water partition coefficient (Wildman–Crippen LogP) is 3.16. The smallest absolute Gasteiger partial charge is 0.262 e. The van der Waals surface area contributed by atoms with Crippen molar-refractivity contribution in [3.05, 3.63) is 53.9 Å². The van der Waals surface area contributed by atoms with Gasteiger partial charge in [0.2, 0.25) is 11.7 Å². The minimum absolute atomic E-state index is 0.148. The Morgan fingerprint density at radius 1 is 1.12 bits per heavy atom. The fourth-order valence-electron chi connectivity index (χ4n) is 2.34. The number of nitrogens with zero attached hydrogens (tertiary/aromatic N) is 2. The zero-order valence-electron chi connectivity index (χ0n) is 14.0. The highest BCUT2D eigenvalue weighted by molar-refractivity contribution is 7.92. The molecule has 2 aromatic carbocycles. The normalized spacial score (nSPS) is 11.3. The molecule has 0 fully saturated rings. The van der Waals surface area contributed by atoms with E-state index in [-0.39, 0.29) is 4.90 Å². The van der Waals surface area contributed by atoms with Gasteiger partial charge in [0.25, 0.3) is 10.0 Å². The molecule has 0 amide bonds. The Morgan fingerprint density at radius 3 is 2.60 bits per heavy atom. The van der Waals surface area contributed by atoms with Gasteiger partial charge in [0.05, 0.1) is 17.7 Å². The number of aromatic nitrogens is 2. The summed E-state index contributed by atoms with van der Waals surface area (Å²) in [4.78, 5) is 4.28. The summed E-state index contributed by atoms with van der Waals surface area (Å²) in [7, 11) is -2.26. The summed E-state index contributed by atoms with van der Waals surface area (Å²) in [6.07, 6.45) is 0. The molecule has 0 spiro atoms. The monoisotopic (exact) mass is 359 g/mol. The zero-order chi connectivity index (χ0) is 18.0. The lowest BCUT2D eigenvalue weighted by Crippen LogP contribution is -2.14. The summed E-state index contributed by atoms with van der Waals surface area (Å²) in [5, 5.41) is 3.83. The van der Waals surface area contributed by atoms with Crippen molar-refractivity contribution in [1.29, 1.82) is 0 Å². The molecule has 0 bridgehead atoms. The van der Waals surface area contributed by atoms with Gasteiger partial charge < -0.3 is 9.26 Å². The number of rotatable bonds is 5. The number of hydrogen-bond acceptors (Lipinski definition) is 6. The number of aryl methyl sites for hydroxylation is 2. The molecule has 0 atom stereocenters. The largest absolute Gasteiger partial charge is 0.497 e. The van der Waals surface area contributed by atoms with E-state index >= 15 is 0 Å². The minimum atomic E-state index is -3.78. The van der Waals surface area contributed by atoms with E-state index in [9.17, 15) is 8.42 Å². The first-order chi connectivity index (χ1) is 11.9. The molecule has 3 rings (SSSR count). The number of nitrogens with one attached hydrogen (secondary N) is 1. The van der Waals surface area contributed by atoms with Crippen LogP contribution >= 0.6 is 0 Å². The van der Waals surface area contributed by atoms with Gasteiger partial charge >= 0.3 is 0 Å². The van der Waals surface area contributed by atoms with E-state index < -0.39 is 10.0 Å². The highest BCUT2D eigenvalue weighted by Crippen LogP contribution is 2.26. The lowest BCUT2D eigenvalue weighted by molar-refractivity contribution is 0.394. The molecule has 130 valence electrons. The summed E-state index contributed by atoms with van der Waals surface area (Å²) in [6, 6.07) is 11.7. The molecule has 0 saturated heterocycles. The molecule has 0 aliphatic carbocycles. The van der Waals surface area contributed by atoms with E-state index in [4.69, 9.17) is 9.26 Å². The van der Waals surface area contributed by atoms with E-state index in [0.29, 0.717) is 34.3 Å². The van der Waals surface area contributed by atoms with Crippen LogP contribution in [0.5, 0.6) is 5.75 Å². The topological polar surface area (TPSA) is 94.3 Å². The summed E-state index contributed by atoms with van der Waals surface area (Å²) in [6.45, 7) is 3.40. The predicted molar refractivity (Wildman–Crippen MR) is 93.0 cm³/mol. The first kappa shape index (κ1) is 17.0. The van der Waals surface area contributed by atoms with E-state index in [2.05, 4.69) is 14.9 Å². The second-order valence-electron chi connectivity index (χ2n) is 5.45. The quantitative estimate of drug-likeness (QED) is 0.752. The molecule has 25 heavy (non-hydrogen) atoms. The number of hydrogen-bond donors (Lipinski definition) is 1. The maximum Gasteiger partial charge on any atom is 0.262 e. The summed E-state index contributed by atoms with van der Waals surface area (Å²) >= 11 is 0. The third-order valence-electron chi connectivity index (χ3n) is 3.59. The van der Waals surface area contributed by atoms with E-state index in [1.807, 2.05) is 0 Å². The highest BCUT2D eigenvalue weighted by Gasteiger charge is 2.19. The number of anilines is 1. The summed E-state index contributed by atoms with van der Waals surface area (Å²) in [5.41, 5.74) is 1.59. The van der Waals surface area contributed by atoms with Crippen LogP contribution in [0.15, 0.2) is 51.9 Å². The molecular formula is C17H17N3O4S. The lowest BCUT2D eigenvalue weighted by atomic mass is 10.1. The standard InChI is InChI=1S/C17H17N3O4S/c1-11-7-8-13(17-18-12(2)24-19-17)9-16(11)25(21,22)20-14-5-4-6-15(10-14)23-3/h4-10,20H,1-3H3. The Labute approximate surface area is 145 Å². The van der Waals surface area contributed by atoms with E-state index in [1.54, 1.807) is 50.2 Å². The third kappa shape index (κ3) is 3.63. The molecule has 0 saturated carbocycles. The van der Waals surface area contributed by atoms with Gasteiger partial charge in [-0.2, -0.15) is 4.98 Å². The Morgan fingerprint density at radius 2 is 1.92 bits per heavy atom. The average Bonchev–Trinajstić information content (AvgIpc) is 3.01. The van der Waals surface area contributed by atoms with Gasteiger partial charge in [-0.1, -0.05) is 23.4 Å². The number of methoxy groups -OCH3 is 1. The number of benzene rings is 2. The number of ether oxygens (including phenoxy) is 1. The van der Waals surface area contributed by atoms with Crippen LogP contribution in [-0.2, 0) is 10.0 Å². The Hall–Kier alpha value is -2.87. The zero-order valence-corrected chi connectivity index (χ0v) is 14.8. The SMILES string of the molecule is COc1cccc(NS(=O)(=O)c2cc(-c3noc(C)n3)ccc2C)c1. The van der Waals surface area contributed by atoms with Gasteiger partial charge in [-0.25, -0.2) is 8.42 Å². The highest BCUT2D eigenvalue weighted by atomic mass is 32.2. The molecule has 1 heterocycles. The fourth-order valence-corrected chi connectivity index (χ4v) is 3.66. The van der Waals surface area contributed by atoms with Crippen LogP contribution < -0.4 is 9.46 Å². The maximum atomic E-state index is 12.8. The molecular weight excluding hydrogens is 342 g/mol. The molecule has 0 radical (unpaired) electrons. The van der Waals surface area contributed by atoms with Crippen LogP contribution in [0.1, 0.15) is 11.5 Å². The average molecular weight is 359 g/mol. The lowest BCUT2D eigenvalue weighted by Gasteiger charge is -2.12. The summed E-state index contributed by atoms with van der Waals surface area (Å²) < 4.78 is 38.2. The van der Waals surface area contributed by atoms with E-state index in [0.717, 1.165) is 0 Å². The van der Waals surface area contributed by atoms with Gasteiger partial charge in [-0.3, -0.25) is 4.72 Å². The minimum Gasteiger partial charge on any atom is -0.497 e. The van der Waals surface area contributed by atoms with Crippen molar-refractivity contribution < 1.29 is 17.7 Å². The van der Waals surface area contributed by atoms with Crippen LogP contribution in [0.4, 0.5) is 5.69 Å². The second kappa shape index (κ2) is 6.56. The molecule has 7 nitrogen and oxygen atoms in total. The molecule has 8 heteroatoms. The molecule has 0 aliphatic heterocycles. The van der Waals surface area contributed by atoms with Gasteiger partial charge in [-0.15, -0.1) is 0 Å². The van der Waals surface area contributed by atoms with Crippen molar-refractivity contribution in [2.24, 2.45) is 0 Å². The van der Waals surface area contributed by atoms with Gasteiger partial charge in [0.1, 0.15) is 5.75 Å². The molecule has 1 aromatic heterocycles. The van der Waals surface area contributed by atoms with Crippen molar-refractivity contribution >= 4 is 15.7 Å². The third-order valence-corrected chi connectivity index (χ3v) is 5.11. The van der Waals surface area contributed by atoms with Crippen molar-refractivity contribution in [1.82, 2.24) is 10.1 Å². The van der Waals surface area contributed by atoms with Crippen LogP contribution in [0.3, 0.4) is 0 Å².